The highest BCUT2D eigenvalue weighted by molar-refractivity contribution is 5.79. The number of hydrogen-bond acceptors (Lipinski definition) is 2. The lowest BCUT2D eigenvalue weighted by Crippen LogP contribution is -2.55. The molecule has 0 radical (unpaired) electrons. The fourth-order valence-electron chi connectivity index (χ4n) is 3.35. The first-order chi connectivity index (χ1) is 8.56. The summed E-state index contributed by atoms with van der Waals surface area (Å²) in [6, 6.07) is 1.32. The van der Waals surface area contributed by atoms with Crippen LogP contribution in [0.1, 0.15) is 59.3 Å². The van der Waals surface area contributed by atoms with Crippen LogP contribution in [0.25, 0.3) is 0 Å². The molecule has 1 aliphatic heterocycles. The van der Waals surface area contributed by atoms with Gasteiger partial charge in [0.05, 0.1) is 0 Å². The van der Waals surface area contributed by atoms with E-state index in [2.05, 4.69) is 31.4 Å². The van der Waals surface area contributed by atoms with Crippen molar-refractivity contribution in [1.82, 2.24) is 10.6 Å². The summed E-state index contributed by atoms with van der Waals surface area (Å²) in [5.74, 6) is 1.38. The summed E-state index contributed by atoms with van der Waals surface area (Å²) in [6.07, 6.45) is 6.87. The van der Waals surface area contributed by atoms with Gasteiger partial charge < -0.3 is 10.6 Å². The second-order valence-corrected chi connectivity index (χ2v) is 6.51. The highest BCUT2D eigenvalue weighted by atomic mass is 16.1. The van der Waals surface area contributed by atoms with E-state index in [1.165, 1.54) is 12.8 Å². The van der Waals surface area contributed by atoms with E-state index in [-0.39, 0.29) is 5.92 Å². The molecule has 2 rings (SSSR count). The molecular formula is C15H28N2O. The van der Waals surface area contributed by atoms with Gasteiger partial charge in [0.15, 0.2) is 0 Å². The van der Waals surface area contributed by atoms with Crippen molar-refractivity contribution in [2.45, 2.75) is 77.4 Å². The molecule has 0 aromatic carbocycles. The fraction of sp³-hybridized carbons (Fsp3) is 0.933. The van der Waals surface area contributed by atoms with Crippen molar-refractivity contribution >= 4 is 5.91 Å². The van der Waals surface area contributed by atoms with Crippen molar-refractivity contribution in [2.75, 3.05) is 0 Å². The van der Waals surface area contributed by atoms with Crippen molar-refractivity contribution < 1.29 is 4.79 Å². The van der Waals surface area contributed by atoms with Crippen molar-refractivity contribution in [2.24, 2.45) is 11.8 Å². The number of carbonyl (C=O) groups is 1. The van der Waals surface area contributed by atoms with Crippen molar-refractivity contribution in [3.63, 3.8) is 0 Å². The minimum Gasteiger partial charge on any atom is -0.352 e. The standard InChI is InChI=1S/C15H28N2O/c1-10-4-7-13(8-5-10)15(18)17-14-9-6-11(2)16-12(14)3/h10-14,16H,4-9H2,1-3H3,(H,17,18). The summed E-state index contributed by atoms with van der Waals surface area (Å²) in [6.45, 7) is 6.70. The van der Waals surface area contributed by atoms with Crippen LogP contribution in [0.2, 0.25) is 0 Å². The molecule has 1 amide bonds. The lowest BCUT2D eigenvalue weighted by Gasteiger charge is -2.36. The van der Waals surface area contributed by atoms with E-state index in [1.807, 2.05) is 0 Å². The molecule has 1 saturated carbocycles. The van der Waals surface area contributed by atoms with E-state index in [9.17, 15) is 4.79 Å². The Bertz CT molecular complexity index is 284. The minimum atomic E-state index is 0.271. The summed E-state index contributed by atoms with van der Waals surface area (Å²) in [7, 11) is 0. The molecular weight excluding hydrogens is 224 g/mol. The van der Waals surface area contributed by atoms with E-state index in [4.69, 9.17) is 0 Å². The highest BCUT2D eigenvalue weighted by Gasteiger charge is 2.29. The lowest BCUT2D eigenvalue weighted by molar-refractivity contribution is -0.127. The molecule has 0 spiro atoms. The van der Waals surface area contributed by atoms with Gasteiger partial charge in [-0.15, -0.1) is 0 Å². The Kier molecular flexibility index (Phi) is 4.66. The number of rotatable bonds is 2. The second kappa shape index (κ2) is 6.05. The third kappa shape index (κ3) is 3.47. The van der Waals surface area contributed by atoms with Crippen molar-refractivity contribution in [1.29, 1.82) is 0 Å². The smallest absolute Gasteiger partial charge is 0.223 e. The summed E-state index contributed by atoms with van der Waals surface area (Å²) < 4.78 is 0. The summed E-state index contributed by atoms with van der Waals surface area (Å²) in [5.41, 5.74) is 0. The Morgan fingerprint density at radius 1 is 1.00 bits per heavy atom. The van der Waals surface area contributed by atoms with E-state index < -0.39 is 0 Å². The maximum absolute atomic E-state index is 12.3. The molecule has 0 bridgehead atoms. The van der Waals surface area contributed by atoms with E-state index >= 15 is 0 Å². The molecule has 104 valence electrons. The number of nitrogens with one attached hydrogen (secondary N) is 2. The molecule has 0 aromatic heterocycles. The van der Waals surface area contributed by atoms with Crippen LogP contribution < -0.4 is 10.6 Å². The van der Waals surface area contributed by atoms with Gasteiger partial charge in [0.25, 0.3) is 0 Å². The molecule has 0 aromatic rings. The van der Waals surface area contributed by atoms with Crippen molar-refractivity contribution in [3.05, 3.63) is 0 Å². The van der Waals surface area contributed by atoms with Crippen LogP contribution in [0.3, 0.4) is 0 Å². The Hall–Kier alpha value is -0.570. The number of amides is 1. The highest BCUT2D eigenvalue weighted by Crippen LogP contribution is 2.28. The van der Waals surface area contributed by atoms with Gasteiger partial charge in [-0.1, -0.05) is 6.92 Å². The van der Waals surface area contributed by atoms with Crippen LogP contribution in [-0.4, -0.2) is 24.0 Å². The predicted molar refractivity (Wildman–Crippen MR) is 74.3 cm³/mol. The summed E-state index contributed by atoms with van der Waals surface area (Å²) in [4.78, 5) is 12.3. The zero-order valence-corrected chi connectivity index (χ0v) is 12.0. The van der Waals surface area contributed by atoms with Gasteiger partial charge in [-0.3, -0.25) is 4.79 Å². The Balaban J connectivity index is 1.80. The van der Waals surface area contributed by atoms with E-state index in [1.54, 1.807) is 0 Å². The molecule has 2 fully saturated rings. The van der Waals surface area contributed by atoms with Gasteiger partial charge in [0.1, 0.15) is 0 Å². The average Bonchev–Trinajstić information content (AvgIpc) is 2.33. The number of hydrogen-bond donors (Lipinski definition) is 2. The zero-order valence-electron chi connectivity index (χ0n) is 12.0. The monoisotopic (exact) mass is 252 g/mol. The molecule has 18 heavy (non-hydrogen) atoms. The van der Waals surface area contributed by atoms with Gasteiger partial charge in [-0.25, -0.2) is 0 Å². The Labute approximate surface area is 111 Å². The van der Waals surface area contributed by atoms with Crippen LogP contribution >= 0.6 is 0 Å². The first-order valence-corrected chi connectivity index (χ1v) is 7.62. The molecule has 3 unspecified atom stereocenters. The average molecular weight is 252 g/mol. The molecule has 3 atom stereocenters. The van der Waals surface area contributed by atoms with Gasteiger partial charge in [0.2, 0.25) is 5.91 Å². The Morgan fingerprint density at radius 2 is 1.67 bits per heavy atom. The quantitative estimate of drug-likeness (QED) is 0.792. The van der Waals surface area contributed by atoms with Crippen LogP contribution in [0.15, 0.2) is 0 Å². The normalized spacial score (nSPS) is 41.4. The minimum absolute atomic E-state index is 0.271. The predicted octanol–water partition coefficient (Wildman–Crippen LogP) is 2.46. The third-order valence-electron chi connectivity index (χ3n) is 4.78. The topological polar surface area (TPSA) is 41.1 Å². The van der Waals surface area contributed by atoms with Gasteiger partial charge >= 0.3 is 0 Å². The maximum atomic E-state index is 12.3. The molecule has 2 aliphatic rings. The van der Waals surface area contributed by atoms with E-state index in [0.29, 0.717) is 24.0 Å². The van der Waals surface area contributed by atoms with Gasteiger partial charge in [0, 0.05) is 24.0 Å². The van der Waals surface area contributed by atoms with Crippen LogP contribution in [0, 0.1) is 11.8 Å². The van der Waals surface area contributed by atoms with Crippen molar-refractivity contribution in [3.8, 4) is 0 Å². The van der Waals surface area contributed by atoms with Gasteiger partial charge in [-0.2, -0.15) is 0 Å². The Morgan fingerprint density at radius 3 is 2.28 bits per heavy atom. The number of piperidine rings is 1. The first-order valence-electron chi connectivity index (χ1n) is 7.62. The fourth-order valence-corrected chi connectivity index (χ4v) is 3.35. The van der Waals surface area contributed by atoms with Crippen LogP contribution in [0.4, 0.5) is 0 Å². The van der Waals surface area contributed by atoms with Gasteiger partial charge in [-0.05, 0) is 58.3 Å². The zero-order chi connectivity index (χ0) is 13.1. The molecule has 3 heteroatoms. The van der Waals surface area contributed by atoms with Crippen LogP contribution in [-0.2, 0) is 4.79 Å². The second-order valence-electron chi connectivity index (χ2n) is 6.51. The lowest BCUT2D eigenvalue weighted by atomic mass is 9.82. The number of carbonyl (C=O) groups excluding carboxylic acids is 1. The third-order valence-corrected chi connectivity index (χ3v) is 4.78. The molecule has 1 heterocycles. The van der Waals surface area contributed by atoms with Crippen LogP contribution in [0.5, 0.6) is 0 Å². The summed E-state index contributed by atoms with van der Waals surface area (Å²) >= 11 is 0. The van der Waals surface area contributed by atoms with E-state index in [0.717, 1.165) is 31.6 Å². The maximum Gasteiger partial charge on any atom is 0.223 e. The molecule has 1 saturated heterocycles. The largest absolute Gasteiger partial charge is 0.352 e. The molecule has 2 N–H and O–H groups in total. The SMILES string of the molecule is CC1CCC(C(=O)NC2CCC(C)NC2C)CC1. The first kappa shape index (κ1) is 13.9. The molecule has 3 nitrogen and oxygen atoms in total. The summed E-state index contributed by atoms with van der Waals surface area (Å²) in [5, 5.41) is 6.80. The molecule has 1 aliphatic carbocycles.